The van der Waals surface area contributed by atoms with E-state index in [1.54, 1.807) is 0 Å². The van der Waals surface area contributed by atoms with E-state index in [1.807, 2.05) is 0 Å². The number of thiol groups is 1. The molecule has 0 rings (SSSR count). The second kappa shape index (κ2) is 12.1. The molecule has 0 aromatic carbocycles. The van der Waals surface area contributed by atoms with Crippen molar-refractivity contribution < 1.29 is 34.2 Å². The van der Waals surface area contributed by atoms with Crippen LogP contribution in [0.1, 0.15) is 19.8 Å². The number of rotatable bonds is 12. The van der Waals surface area contributed by atoms with Crippen LogP contribution in [0.15, 0.2) is 0 Å². The van der Waals surface area contributed by atoms with Gasteiger partial charge in [-0.05, 0) is 13.3 Å². The zero-order chi connectivity index (χ0) is 21.1. The first-order chi connectivity index (χ1) is 12.5. The number of nitrogens with two attached hydrogens (primary N) is 2. The molecule has 27 heavy (non-hydrogen) atoms. The zero-order valence-electron chi connectivity index (χ0n) is 14.7. The van der Waals surface area contributed by atoms with Crippen LogP contribution >= 0.6 is 12.6 Å². The van der Waals surface area contributed by atoms with E-state index in [1.165, 1.54) is 6.92 Å². The number of carboxylic acids is 1. The van der Waals surface area contributed by atoms with Crippen molar-refractivity contribution in [2.45, 2.75) is 43.9 Å². The van der Waals surface area contributed by atoms with Crippen LogP contribution in [0, 0.1) is 0 Å². The fraction of sp³-hybridized carbons (Fsp3) is 0.643. The highest BCUT2D eigenvalue weighted by molar-refractivity contribution is 7.80. The number of hydrogen-bond acceptors (Lipinski definition) is 8. The van der Waals surface area contributed by atoms with Gasteiger partial charge in [-0.1, -0.05) is 0 Å². The van der Waals surface area contributed by atoms with Gasteiger partial charge in [0, 0.05) is 12.2 Å². The van der Waals surface area contributed by atoms with Crippen molar-refractivity contribution in [1.29, 1.82) is 0 Å². The molecule has 12 nitrogen and oxygen atoms in total. The van der Waals surface area contributed by atoms with E-state index in [9.17, 15) is 24.0 Å². The molecule has 0 saturated heterocycles. The fourth-order valence-electron chi connectivity index (χ4n) is 1.76. The monoisotopic (exact) mass is 407 g/mol. The van der Waals surface area contributed by atoms with Crippen LogP contribution < -0.4 is 27.4 Å². The first kappa shape index (κ1) is 24.6. The highest BCUT2D eigenvalue weighted by Gasteiger charge is 2.28. The zero-order valence-corrected chi connectivity index (χ0v) is 15.6. The Hall–Kier alpha value is -2.38. The number of primary amides is 1. The van der Waals surface area contributed by atoms with Crippen LogP contribution in [0.3, 0.4) is 0 Å². The van der Waals surface area contributed by atoms with Gasteiger partial charge in [0.05, 0.1) is 6.61 Å². The van der Waals surface area contributed by atoms with Crippen LogP contribution in [-0.4, -0.2) is 76.3 Å². The normalized spacial score (nSPS) is 15.0. The number of carboxylic acid groups (broad SMARTS) is 1. The van der Waals surface area contributed by atoms with Crippen LogP contribution in [0.4, 0.5) is 0 Å². The van der Waals surface area contributed by atoms with Gasteiger partial charge in [0.1, 0.15) is 24.2 Å². The Kier molecular flexibility index (Phi) is 11.0. The van der Waals surface area contributed by atoms with Crippen molar-refractivity contribution in [3.05, 3.63) is 0 Å². The average molecular weight is 407 g/mol. The summed E-state index contributed by atoms with van der Waals surface area (Å²) in [6.45, 7) is 0.587. The van der Waals surface area contributed by atoms with E-state index in [0.717, 1.165) is 0 Å². The Bertz CT molecular complexity index is 574. The van der Waals surface area contributed by atoms with E-state index in [-0.39, 0.29) is 18.6 Å². The summed E-state index contributed by atoms with van der Waals surface area (Å²) in [5, 5.41) is 24.4. The maximum atomic E-state index is 12.3. The molecule has 0 aliphatic carbocycles. The van der Waals surface area contributed by atoms with E-state index in [4.69, 9.17) is 21.7 Å². The molecule has 0 fully saturated rings. The molecule has 4 atom stereocenters. The summed E-state index contributed by atoms with van der Waals surface area (Å²) in [5.41, 5.74) is 10.4. The van der Waals surface area contributed by atoms with Gasteiger partial charge in [0.25, 0.3) is 0 Å². The molecule has 0 aromatic heterocycles. The number of aliphatic hydroxyl groups is 1. The molecule has 4 unspecified atom stereocenters. The maximum absolute atomic E-state index is 12.3. The summed E-state index contributed by atoms with van der Waals surface area (Å²) < 4.78 is 0. The first-order valence-electron chi connectivity index (χ1n) is 7.93. The summed E-state index contributed by atoms with van der Waals surface area (Å²) in [5.74, 6) is -4.61. The maximum Gasteiger partial charge on any atom is 0.325 e. The van der Waals surface area contributed by atoms with E-state index in [0.29, 0.717) is 0 Å². The average Bonchev–Trinajstić information content (AvgIpc) is 2.61. The van der Waals surface area contributed by atoms with Crippen molar-refractivity contribution in [2.75, 3.05) is 12.4 Å². The van der Waals surface area contributed by atoms with Crippen LogP contribution in [0.25, 0.3) is 0 Å². The third-order valence-electron chi connectivity index (χ3n) is 3.39. The SMILES string of the molecule is CC(NC(=O)C(CCC(N)=O)NC(=O)C(CS)NC(=O)C(N)CO)C(=O)O. The van der Waals surface area contributed by atoms with Gasteiger partial charge in [-0.3, -0.25) is 24.0 Å². The molecule has 4 amide bonds. The molecular weight excluding hydrogens is 382 g/mol. The minimum Gasteiger partial charge on any atom is -0.480 e. The summed E-state index contributed by atoms with van der Waals surface area (Å²) in [7, 11) is 0. The van der Waals surface area contributed by atoms with E-state index < -0.39 is 60.4 Å². The van der Waals surface area contributed by atoms with Crippen molar-refractivity contribution >= 4 is 42.2 Å². The smallest absolute Gasteiger partial charge is 0.325 e. The molecule has 0 aliphatic heterocycles. The summed E-state index contributed by atoms with van der Waals surface area (Å²) in [6.07, 6.45) is -0.421. The van der Waals surface area contributed by atoms with Gasteiger partial charge in [-0.15, -0.1) is 0 Å². The molecule has 0 heterocycles. The topological polar surface area (TPSA) is 214 Å². The third-order valence-corrected chi connectivity index (χ3v) is 3.76. The lowest BCUT2D eigenvalue weighted by molar-refractivity contribution is -0.142. The van der Waals surface area contributed by atoms with Crippen molar-refractivity contribution in [3.63, 3.8) is 0 Å². The predicted molar refractivity (Wildman–Crippen MR) is 96.4 cm³/mol. The highest BCUT2D eigenvalue weighted by atomic mass is 32.1. The number of nitrogens with one attached hydrogen (secondary N) is 3. The summed E-state index contributed by atoms with van der Waals surface area (Å²) >= 11 is 3.94. The van der Waals surface area contributed by atoms with Crippen LogP contribution in [0.5, 0.6) is 0 Å². The van der Waals surface area contributed by atoms with Gasteiger partial charge >= 0.3 is 5.97 Å². The Morgan fingerprint density at radius 3 is 1.96 bits per heavy atom. The van der Waals surface area contributed by atoms with Crippen molar-refractivity contribution in [2.24, 2.45) is 11.5 Å². The second-order valence-corrected chi connectivity index (χ2v) is 6.03. The summed E-state index contributed by atoms with van der Waals surface area (Å²) in [4.78, 5) is 58.0. The molecule has 154 valence electrons. The molecule has 0 aromatic rings. The minimum atomic E-state index is -1.29. The molecular formula is C14H25N5O7S. The Labute approximate surface area is 160 Å². The molecule has 0 saturated carbocycles. The van der Waals surface area contributed by atoms with Gasteiger partial charge in [-0.2, -0.15) is 12.6 Å². The van der Waals surface area contributed by atoms with Crippen LogP contribution in [-0.2, 0) is 24.0 Å². The molecule has 0 aliphatic rings. The number of amides is 4. The number of aliphatic hydroxyl groups excluding tert-OH is 1. The predicted octanol–water partition coefficient (Wildman–Crippen LogP) is -3.94. The standard InChI is InChI=1S/C14H25N5O7S/c1-6(14(25)26)17-12(23)8(2-3-10(16)21)18-13(24)9(5-27)19-11(22)7(15)4-20/h6-9,20,27H,2-5,15H2,1H3,(H2,16,21)(H,17,23)(H,18,24)(H,19,22)(H,25,26). The molecule has 0 radical (unpaired) electrons. The van der Waals surface area contributed by atoms with E-state index >= 15 is 0 Å². The molecule has 13 heteroatoms. The Morgan fingerprint density at radius 1 is 1.00 bits per heavy atom. The number of carbonyl (C=O) groups excluding carboxylic acids is 4. The lowest BCUT2D eigenvalue weighted by Gasteiger charge is -2.23. The lowest BCUT2D eigenvalue weighted by Crippen LogP contribution is -2.57. The van der Waals surface area contributed by atoms with Gasteiger partial charge < -0.3 is 37.6 Å². The lowest BCUT2D eigenvalue weighted by atomic mass is 10.1. The van der Waals surface area contributed by atoms with Crippen LogP contribution in [0.2, 0.25) is 0 Å². The highest BCUT2D eigenvalue weighted by Crippen LogP contribution is 2.01. The van der Waals surface area contributed by atoms with Gasteiger partial charge in [0.2, 0.25) is 23.6 Å². The second-order valence-electron chi connectivity index (χ2n) is 5.67. The number of carbonyl (C=O) groups is 5. The van der Waals surface area contributed by atoms with Gasteiger partial charge in [0.15, 0.2) is 0 Å². The molecule has 0 spiro atoms. The Morgan fingerprint density at radius 2 is 1.52 bits per heavy atom. The van der Waals surface area contributed by atoms with Gasteiger partial charge in [-0.25, -0.2) is 0 Å². The van der Waals surface area contributed by atoms with E-state index in [2.05, 4.69) is 28.6 Å². The molecule has 0 bridgehead atoms. The fourth-order valence-corrected chi connectivity index (χ4v) is 2.02. The number of hydrogen-bond donors (Lipinski definition) is 8. The Balaban J connectivity index is 5.12. The third kappa shape index (κ3) is 9.21. The first-order valence-corrected chi connectivity index (χ1v) is 8.56. The minimum absolute atomic E-state index is 0.147. The largest absolute Gasteiger partial charge is 0.480 e. The summed E-state index contributed by atoms with van der Waals surface area (Å²) in [6, 6.07) is -4.92. The molecule has 9 N–H and O–H groups in total. The van der Waals surface area contributed by atoms with Crippen molar-refractivity contribution in [3.8, 4) is 0 Å². The number of aliphatic carboxylic acids is 1. The quantitative estimate of drug-likeness (QED) is 0.149. The van der Waals surface area contributed by atoms with Crippen molar-refractivity contribution in [1.82, 2.24) is 16.0 Å².